The van der Waals surface area contributed by atoms with Gasteiger partial charge in [0, 0.05) is 29.8 Å². The monoisotopic (exact) mass is 328 g/mol. The van der Waals surface area contributed by atoms with Crippen LogP contribution in [0.1, 0.15) is 16.1 Å². The summed E-state index contributed by atoms with van der Waals surface area (Å²) in [5.41, 5.74) is 1.07. The van der Waals surface area contributed by atoms with Gasteiger partial charge < -0.3 is 10.4 Å². The van der Waals surface area contributed by atoms with Gasteiger partial charge >= 0.3 is 0 Å². The molecule has 4 nitrogen and oxygen atoms in total. The van der Waals surface area contributed by atoms with Crippen LogP contribution in [0.5, 0.6) is 0 Å². The highest BCUT2D eigenvalue weighted by Crippen LogP contribution is 2.26. The lowest BCUT2D eigenvalue weighted by atomic mass is 10.4. The summed E-state index contributed by atoms with van der Waals surface area (Å²) in [5.74, 6) is 1.73. The lowest BCUT2D eigenvalue weighted by Crippen LogP contribution is -2.25. The van der Waals surface area contributed by atoms with E-state index >= 15 is 0 Å². The van der Waals surface area contributed by atoms with Crippen LogP contribution in [0.2, 0.25) is 0 Å². The number of nitrogens with one attached hydrogen (secondary N) is 1. The van der Waals surface area contributed by atoms with E-state index in [-0.39, 0.29) is 12.5 Å². The van der Waals surface area contributed by atoms with Crippen molar-refractivity contribution in [1.82, 2.24) is 10.3 Å². The first-order valence-electron chi connectivity index (χ1n) is 6.26. The van der Waals surface area contributed by atoms with Crippen molar-refractivity contribution in [2.24, 2.45) is 0 Å². The van der Waals surface area contributed by atoms with Gasteiger partial charge in [-0.2, -0.15) is 23.1 Å². The van der Waals surface area contributed by atoms with Crippen molar-refractivity contribution in [3.8, 4) is 10.6 Å². The fraction of sp³-hybridized carbons (Fsp3) is 0.385. The normalized spacial score (nSPS) is 10.7. The van der Waals surface area contributed by atoms with E-state index in [2.05, 4.69) is 10.3 Å². The Balaban J connectivity index is 1.76. The minimum absolute atomic E-state index is 0.0632. The van der Waals surface area contributed by atoms with E-state index in [1.807, 2.05) is 16.8 Å². The van der Waals surface area contributed by atoms with Crippen LogP contribution in [0.15, 0.2) is 23.0 Å². The zero-order valence-corrected chi connectivity index (χ0v) is 13.3. The zero-order chi connectivity index (χ0) is 14.2. The molecule has 2 heterocycles. The van der Waals surface area contributed by atoms with Gasteiger partial charge in [0.2, 0.25) is 0 Å². The number of rotatable bonds is 8. The highest BCUT2D eigenvalue weighted by molar-refractivity contribution is 7.99. The number of amides is 1. The SMILES string of the molecule is O=C(NCCSCCCO)c1cnc(-c2ccsc2)s1. The number of hydrogen-bond donors (Lipinski definition) is 2. The van der Waals surface area contributed by atoms with Crippen molar-refractivity contribution >= 4 is 40.3 Å². The van der Waals surface area contributed by atoms with Gasteiger partial charge in [0.05, 0.1) is 6.20 Å². The quantitative estimate of drug-likeness (QED) is 0.732. The molecular weight excluding hydrogens is 312 g/mol. The molecule has 108 valence electrons. The Morgan fingerprint density at radius 1 is 1.45 bits per heavy atom. The number of nitrogens with zero attached hydrogens (tertiary/aromatic N) is 1. The maximum atomic E-state index is 11.9. The Bertz CT molecular complexity index is 525. The third-order valence-corrected chi connectivity index (χ3v) is 5.27. The maximum absolute atomic E-state index is 11.9. The van der Waals surface area contributed by atoms with Crippen LogP contribution in [0.25, 0.3) is 10.6 Å². The summed E-state index contributed by atoms with van der Waals surface area (Å²) in [5, 5.41) is 16.4. The van der Waals surface area contributed by atoms with Crippen molar-refractivity contribution in [2.75, 3.05) is 24.7 Å². The molecule has 0 atom stereocenters. The summed E-state index contributed by atoms with van der Waals surface area (Å²) in [4.78, 5) is 16.9. The van der Waals surface area contributed by atoms with Crippen LogP contribution in [0.4, 0.5) is 0 Å². The van der Waals surface area contributed by atoms with Gasteiger partial charge in [-0.3, -0.25) is 4.79 Å². The second kappa shape index (κ2) is 8.41. The predicted octanol–water partition coefficient (Wildman–Crippen LogP) is 2.72. The number of hydrogen-bond acceptors (Lipinski definition) is 6. The molecule has 0 aliphatic carbocycles. The lowest BCUT2D eigenvalue weighted by Gasteiger charge is -2.02. The molecule has 0 aliphatic rings. The maximum Gasteiger partial charge on any atom is 0.263 e. The van der Waals surface area contributed by atoms with E-state index in [1.165, 1.54) is 11.3 Å². The van der Waals surface area contributed by atoms with Crippen LogP contribution in [-0.2, 0) is 0 Å². The summed E-state index contributed by atoms with van der Waals surface area (Å²) in [6.07, 6.45) is 2.43. The first-order valence-corrected chi connectivity index (χ1v) is 9.18. The molecule has 0 spiro atoms. The second-order valence-electron chi connectivity index (χ2n) is 3.99. The van der Waals surface area contributed by atoms with E-state index in [1.54, 1.807) is 29.3 Å². The molecule has 0 bridgehead atoms. The Labute approximate surface area is 130 Å². The Morgan fingerprint density at radius 3 is 3.10 bits per heavy atom. The molecule has 0 aromatic carbocycles. The molecular formula is C13H16N2O2S3. The van der Waals surface area contributed by atoms with Crippen LogP contribution in [-0.4, -0.2) is 40.7 Å². The summed E-state index contributed by atoms with van der Waals surface area (Å²) in [6, 6.07) is 2.00. The summed E-state index contributed by atoms with van der Waals surface area (Å²) in [7, 11) is 0. The minimum atomic E-state index is -0.0632. The highest BCUT2D eigenvalue weighted by atomic mass is 32.2. The van der Waals surface area contributed by atoms with Crippen LogP contribution in [0.3, 0.4) is 0 Å². The topological polar surface area (TPSA) is 62.2 Å². The van der Waals surface area contributed by atoms with Crippen molar-refractivity contribution in [2.45, 2.75) is 6.42 Å². The predicted molar refractivity (Wildman–Crippen MR) is 86.8 cm³/mol. The van der Waals surface area contributed by atoms with Gasteiger partial charge in [0.25, 0.3) is 5.91 Å². The average Bonchev–Trinajstić information content (AvgIpc) is 3.12. The molecule has 7 heteroatoms. The molecule has 2 aromatic heterocycles. The first kappa shape index (κ1) is 15.5. The number of aliphatic hydroxyl groups is 1. The molecule has 0 fully saturated rings. The molecule has 0 aliphatic heterocycles. The van der Waals surface area contributed by atoms with Gasteiger partial charge in [-0.1, -0.05) is 0 Å². The van der Waals surface area contributed by atoms with Crippen molar-refractivity contribution in [1.29, 1.82) is 0 Å². The van der Waals surface area contributed by atoms with E-state index in [9.17, 15) is 4.79 Å². The number of thiazole rings is 1. The molecule has 0 unspecified atom stereocenters. The van der Waals surface area contributed by atoms with Gasteiger partial charge in [-0.25, -0.2) is 4.98 Å². The van der Waals surface area contributed by atoms with E-state index in [0.29, 0.717) is 11.4 Å². The third kappa shape index (κ3) is 4.59. The van der Waals surface area contributed by atoms with Crippen molar-refractivity contribution in [3.05, 3.63) is 27.9 Å². The van der Waals surface area contributed by atoms with Crippen LogP contribution < -0.4 is 5.32 Å². The zero-order valence-electron chi connectivity index (χ0n) is 10.9. The van der Waals surface area contributed by atoms with Gasteiger partial charge in [0.1, 0.15) is 9.88 Å². The average molecular weight is 328 g/mol. The van der Waals surface area contributed by atoms with E-state index < -0.39 is 0 Å². The number of thiophene rings is 1. The van der Waals surface area contributed by atoms with Gasteiger partial charge in [-0.15, -0.1) is 11.3 Å². The van der Waals surface area contributed by atoms with Crippen molar-refractivity contribution in [3.63, 3.8) is 0 Å². The molecule has 1 amide bonds. The van der Waals surface area contributed by atoms with Crippen molar-refractivity contribution < 1.29 is 9.90 Å². The number of carbonyl (C=O) groups excluding carboxylic acids is 1. The Hall–Kier alpha value is -0.890. The summed E-state index contributed by atoms with van der Waals surface area (Å²) >= 11 is 4.77. The Kier molecular flexibility index (Phi) is 6.52. The van der Waals surface area contributed by atoms with E-state index in [0.717, 1.165) is 28.5 Å². The third-order valence-electron chi connectivity index (χ3n) is 2.48. The molecule has 0 radical (unpaired) electrons. The number of aromatic nitrogens is 1. The molecule has 2 rings (SSSR count). The minimum Gasteiger partial charge on any atom is -0.396 e. The molecule has 0 saturated carbocycles. The smallest absolute Gasteiger partial charge is 0.263 e. The molecule has 2 N–H and O–H groups in total. The summed E-state index contributed by atoms with van der Waals surface area (Å²) < 4.78 is 0. The molecule has 0 saturated heterocycles. The standard InChI is InChI=1S/C13H16N2O2S3/c16-4-1-5-18-7-3-14-12(17)11-8-15-13(20-11)10-2-6-19-9-10/h2,6,8-9,16H,1,3-5,7H2,(H,14,17). The number of carbonyl (C=O) groups is 1. The number of thioether (sulfide) groups is 1. The second-order valence-corrected chi connectivity index (χ2v) is 7.02. The summed E-state index contributed by atoms with van der Waals surface area (Å²) in [6.45, 7) is 0.867. The van der Waals surface area contributed by atoms with Gasteiger partial charge in [0.15, 0.2) is 0 Å². The Morgan fingerprint density at radius 2 is 2.35 bits per heavy atom. The number of aliphatic hydroxyl groups excluding tert-OH is 1. The van der Waals surface area contributed by atoms with Crippen LogP contribution in [0, 0.1) is 0 Å². The fourth-order valence-corrected chi connectivity index (χ4v) is 3.82. The lowest BCUT2D eigenvalue weighted by molar-refractivity contribution is 0.0960. The molecule has 20 heavy (non-hydrogen) atoms. The largest absolute Gasteiger partial charge is 0.396 e. The highest BCUT2D eigenvalue weighted by Gasteiger charge is 2.11. The fourth-order valence-electron chi connectivity index (χ4n) is 1.49. The molecule has 2 aromatic rings. The van der Waals surface area contributed by atoms with Gasteiger partial charge in [-0.05, 0) is 23.6 Å². The first-order chi connectivity index (χ1) is 9.81. The van der Waals surface area contributed by atoms with E-state index in [4.69, 9.17) is 5.11 Å². The van der Waals surface area contributed by atoms with Crippen LogP contribution >= 0.6 is 34.4 Å².